The number of nitrogens with one attached hydrogen (secondary N) is 1. The van der Waals surface area contributed by atoms with Crippen molar-refractivity contribution in [2.75, 3.05) is 0 Å². The van der Waals surface area contributed by atoms with Crippen molar-refractivity contribution in [2.45, 2.75) is 31.2 Å². The van der Waals surface area contributed by atoms with E-state index in [-0.39, 0.29) is 33.3 Å². The number of amides is 1. The molecule has 150 valence electrons. The molecular weight excluding hydrogens is 412 g/mol. The summed E-state index contributed by atoms with van der Waals surface area (Å²) in [6, 6.07) is 12.7. The van der Waals surface area contributed by atoms with Gasteiger partial charge in [0, 0.05) is 16.4 Å². The molecule has 8 heteroatoms. The van der Waals surface area contributed by atoms with Crippen LogP contribution in [0, 0.1) is 5.41 Å². The number of rotatable bonds is 6. The lowest BCUT2D eigenvalue weighted by Crippen LogP contribution is -2.31. The quantitative estimate of drug-likeness (QED) is 0.603. The Kier molecular flexibility index (Phi) is 4.75. The van der Waals surface area contributed by atoms with Crippen LogP contribution in [0.25, 0.3) is 10.9 Å². The molecule has 29 heavy (non-hydrogen) atoms. The summed E-state index contributed by atoms with van der Waals surface area (Å²) in [5.41, 5.74) is 0.550. The summed E-state index contributed by atoms with van der Waals surface area (Å²) in [5.74, 6) is -0.0990. The molecule has 4 rings (SSSR count). The van der Waals surface area contributed by atoms with Crippen molar-refractivity contribution >= 4 is 44.7 Å². The third kappa shape index (κ3) is 3.45. The van der Waals surface area contributed by atoms with Crippen molar-refractivity contribution in [3.8, 4) is 0 Å². The zero-order valence-electron chi connectivity index (χ0n) is 15.7. The second-order valence-electron chi connectivity index (χ2n) is 7.51. The van der Waals surface area contributed by atoms with Gasteiger partial charge in [0.25, 0.3) is 10.0 Å². The van der Waals surface area contributed by atoms with E-state index in [1.807, 2.05) is 6.92 Å². The van der Waals surface area contributed by atoms with Gasteiger partial charge in [0.05, 0.1) is 27.7 Å². The van der Waals surface area contributed by atoms with Crippen molar-refractivity contribution < 1.29 is 18.0 Å². The van der Waals surface area contributed by atoms with Crippen LogP contribution in [0.4, 0.5) is 0 Å². The van der Waals surface area contributed by atoms with E-state index in [9.17, 15) is 18.0 Å². The van der Waals surface area contributed by atoms with E-state index in [0.29, 0.717) is 22.9 Å². The van der Waals surface area contributed by atoms with E-state index >= 15 is 0 Å². The Hall–Kier alpha value is -2.64. The summed E-state index contributed by atoms with van der Waals surface area (Å²) in [4.78, 5) is 23.8. The monoisotopic (exact) mass is 430 g/mol. The number of benzene rings is 2. The highest BCUT2D eigenvalue weighted by Crippen LogP contribution is 2.45. The summed E-state index contributed by atoms with van der Waals surface area (Å²) in [6.07, 6.45) is 2.23. The molecule has 1 amide bonds. The number of halogens is 1. The van der Waals surface area contributed by atoms with Crippen LogP contribution in [-0.4, -0.2) is 24.6 Å². The largest absolute Gasteiger partial charge is 0.350 e. The minimum atomic E-state index is -3.95. The van der Waals surface area contributed by atoms with Crippen LogP contribution < -0.4 is 5.32 Å². The van der Waals surface area contributed by atoms with Gasteiger partial charge in [-0.05, 0) is 43.2 Å². The third-order valence-electron chi connectivity index (χ3n) is 5.33. The van der Waals surface area contributed by atoms with Gasteiger partial charge in [-0.15, -0.1) is 0 Å². The molecule has 0 aliphatic heterocycles. The van der Waals surface area contributed by atoms with Gasteiger partial charge in [-0.1, -0.05) is 36.7 Å². The number of fused-ring (bicyclic) bond motifs is 1. The van der Waals surface area contributed by atoms with E-state index in [2.05, 4.69) is 5.32 Å². The molecule has 6 nitrogen and oxygen atoms in total. The molecule has 1 aliphatic rings. The lowest BCUT2D eigenvalue weighted by atomic mass is 10.1. The van der Waals surface area contributed by atoms with Gasteiger partial charge in [-0.3, -0.25) is 9.59 Å². The average Bonchev–Trinajstić information content (AvgIpc) is 3.36. The highest BCUT2D eigenvalue weighted by molar-refractivity contribution is 7.90. The van der Waals surface area contributed by atoms with Gasteiger partial charge < -0.3 is 5.32 Å². The first kappa shape index (κ1) is 19.7. The molecule has 1 N–H and O–H groups in total. The Morgan fingerprint density at radius 3 is 2.52 bits per heavy atom. The Bertz CT molecular complexity index is 1230. The minimum Gasteiger partial charge on any atom is -0.350 e. The summed E-state index contributed by atoms with van der Waals surface area (Å²) in [5, 5.41) is 3.65. The van der Waals surface area contributed by atoms with Crippen LogP contribution in [0.15, 0.2) is 53.4 Å². The number of aldehydes is 1. The zero-order valence-corrected chi connectivity index (χ0v) is 17.3. The highest BCUT2D eigenvalue weighted by Gasteiger charge is 2.44. The number of hydrogen-bond donors (Lipinski definition) is 1. The predicted molar refractivity (Wildman–Crippen MR) is 111 cm³/mol. The molecule has 2 aromatic carbocycles. The maximum atomic E-state index is 13.4. The van der Waals surface area contributed by atoms with E-state index < -0.39 is 10.0 Å². The van der Waals surface area contributed by atoms with Crippen molar-refractivity contribution in [1.29, 1.82) is 0 Å². The molecule has 1 saturated carbocycles. The molecule has 0 unspecified atom stereocenters. The van der Waals surface area contributed by atoms with Crippen molar-refractivity contribution in [3.05, 3.63) is 64.8 Å². The number of hydrogen-bond acceptors (Lipinski definition) is 4. The predicted octanol–water partition coefficient (Wildman–Crippen LogP) is 3.76. The molecule has 1 aromatic heterocycles. The second-order valence-corrected chi connectivity index (χ2v) is 9.71. The molecule has 0 atom stereocenters. The molecule has 1 fully saturated rings. The van der Waals surface area contributed by atoms with Crippen LogP contribution in [0.2, 0.25) is 5.02 Å². The molecular formula is C21H19ClN2O4S. The smallest absolute Gasteiger partial charge is 0.268 e. The van der Waals surface area contributed by atoms with Crippen molar-refractivity contribution in [2.24, 2.45) is 5.41 Å². The van der Waals surface area contributed by atoms with Crippen LogP contribution in [-0.2, 0) is 21.4 Å². The van der Waals surface area contributed by atoms with E-state index in [4.69, 9.17) is 11.6 Å². The summed E-state index contributed by atoms with van der Waals surface area (Å²) in [6.45, 7) is 1.93. The van der Waals surface area contributed by atoms with Crippen LogP contribution in [0.5, 0.6) is 0 Å². The SMILES string of the molecule is CC1(C(=O)NCc2cc3cc(Cl)c(C=O)cc3n2S(=O)(=O)c2ccccc2)CC1. The Morgan fingerprint density at radius 1 is 1.21 bits per heavy atom. The number of aromatic nitrogens is 1. The summed E-state index contributed by atoms with van der Waals surface area (Å²) in [7, 11) is -3.95. The zero-order chi connectivity index (χ0) is 20.8. The lowest BCUT2D eigenvalue weighted by Gasteiger charge is -2.14. The Labute approximate surface area is 173 Å². The molecule has 3 aromatic rings. The van der Waals surface area contributed by atoms with Crippen LogP contribution in [0.3, 0.4) is 0 Å². The highest BCUT2D eigenvalue weighted by atomic mass is 35.5. The molecule has 0 spiro atoms. The fraction of sp³-hybridized carbons (Fsp3) is 0.238. The van der Waals surface area contributed by atoms with Gasteiger partial charge in [0.1, 0.15) is 0 Å². The molecule has 0 bridgehead atoms. The average molecular weight is 431 g/mol. The van der Waals surface area contributed by atoms with E-state index in [1.54, 1.807) is 30.3 Å². The standard InChI is InChI=1S/C21H19ClN2O4S/c1-21(7-8-21)20(26)23-12-16-9-14-10-18(22)15(13-25)11-19(14)24(16)29(27,28)17-5-3-2-4-6-17/h2-6,9-11,13H,7-8,12H2,1H3,(H,23,26). The molecule has 1 heterocycles. The topological polar surface area (TPSA) is 85.2 Å². The lowest BCUT2D eigenvalue weighted by molar-refractivity contribution is -0.125. The maximum Gasteiger partial charge on any atom is 0.268 e. The Morgan fingerprint density at radius 2 is 1.90 bits per heavy atom. The van der Waals surface area contributed by atoms with E-state index in [0.717, 1.165) is 12.8 Å². The first-order valence-electron chi connectivity index (χ1n) is 9.14. The van der Waals surface area contributed by atoms with Gasteiger partial charge in [-0.2, -0.15) is 0 Å². The summed E-state index contributed by atoms with van der Waals surface area (Å²) >= 11 is 6.13. The van der Waals surface area contributed by atoms with Gasteiger partial charge in [0.15, 0.2) is 6.29 Å². The molecule has 1 aliphatic carbocycles. The van der Waals surface area contributed by atoms with Gasteiger partial charge >= 0.3 is 0 Å². The second kappa shape index (κ2) is 7.00. The first-order chi connectivity index (χ1) is 13.8. The first-order valence-corrected chi connectivity index (χ1v) is 11.0. The molecule has 0 saturated heterocycles. The van der Waals surface area contributed by atoms with Crippen LogP contribution >= 0.6 is 11.6 Å². The van der Waals surface area contributed by atoms with Crippen molar-refractivity contribution in [1.82, 2.24) is 9.29 Å². The number of carbonyl (C=O) groups is 2. The fourth-order valence-corrected chi connectivity index (χ4v) is 5.04. The normalized spacial score (nSPS) is 15.2. The van der Waals surface area contributed by atoms with E-state index in [1.165, 1.54) is 22.2 Å². The fourth-order valence-electron chi connectivity index (χ4n) is 3.27. The summed E-state index contributed by atoms with van der Waals surface area (Å²) < 4.78 is 28.0. The maximum absolute atomic E-state index is 13.4. The Balaban J connectivity index is 1.86. The van der Waals surface area contributed by atoms with Crippen LogP contribution in [0.1, 0.15) is 35.8 Å². The number of carbonyl (C=O) groups excluding carboxylic acids is 2. The van der Waals surface area contributed by atoms with Gasteiger partial charge in [-0.25, -0.2) is 12.4 Å². The molecule has 0 radical (unpaired) electrons. The van der Waals surface area contributed by atoms with Crippen molar-refractivity contribution in [3.63, 3.8) is 0 Å². The van der Waals surface area contributed by atoms with Gasteiger partial charge in [0.2, 0.25) is 5.91 Å². The number of nitrogens with zero attached hydrogens (tertiary/aromatic N) is 1. The minimum absolute atomic E-state index is 0.0448. The third-order valence-corrected chi connectivity index (χ3v) is 7.44.